The van der Waals surface area contributed by atoms with Crippen LogP contribution in [0.1, 0.15) is 6.92 Å². The molecule has 0 saturated carbocycles. The van der Waals surface area contributed by atoms with Crippen LogP contribution >= 0.6 is 11.6 Å². The molecule has 1 saturated heterocycles. The second-order valence-corrected chi connectivity index (χ2v) is 8.29. The molecule has 7 nitrogen and oxygen atoms in total. The number of aromatic hydroxyl groups is 1. The van der Waals surface area contributed by atoms with Crippen LogP contribution in [0.15, 0.2) is 49.2 Å². The number of halogens is 2. The summed E-state index contributed by atoms with van der Waals surface area (Å²) in [5.41, 5.74) is 2.23. The molecule has 3 aromatic rings. The number of anilines is 2. The molecule has 1 fully saturated rings. The molecule has 34 heavy (non-hydrogen) atoms. The third-order valence-corrected chi connectivity index (χ3v) is 6.34. The minimum absolute atomic E-state index is 0.00135. The van der Waals surface area contributed by atoms with Crippen molar-refractivity contribution in [3.63, 3.8) is 0 Å². The Hall–Kier alpha value is -3.65. The van der Waals surface area contributed by atoms with Crippen molar-refractivity contribution in [3.05, 3.63) is 60.0 Å². The average Bonchev–Trinajstić information content (AvgIpc) is 2.84. The smallest absolute Gasteiger partial charge is 0.246 e. The number of pyridine rings is 1. The highest BCUT2D eigenvalue weighted by Gasteiger charge is 2.26. The Morgan fingerprint density at radius 3 is 2.65 bits per heavy atom. The summed E-state index contributed by atoms with van der Waals surface area (Å²) in [5.74, 6) is -0.946. The molecule has 0 bridgehead atoms. The predicted molar refractivity (Wildman–Crippen MR) is 132 cm³/mol. The second kappa shape index (κ2) is 9.69. The normalized spacial score (nSPS) is 13.7. The first-order valence-electron chi connectivity index (χ1n) is 10.9. The lowest BCUT2D eigenvalue weighted by atomic mass is 10.0. The summed E-state index contributed by atoms with van der Waals surface area (Å²) < 4.78 is 14.5. The van der Waals surface area contributed by atoms with Crippen LogP contribution in [0.2, 0.25) is 5.02 Å². The number of fused-ring (bicyclic) bond motifs is 1. The van der Waals surface area contributed by atoms with Crippen molar-refractivity contribution in [2.24, 2.45) is 0 Å². The van der Waals surface area contributed by atoms with Gasteiger partial charge < -0.3 is 19.8 Å². The Bertz CT molecular complexity index is 1250. The topological polar surface area (TPSA) is 77.0 Å². The minimum atomic E-state index is -0.598. The van der Waals surface area contributed by atoms with Gasteiger partial charge in [-0.25, -0.2) is 4.39 Å². The number of amides is 2. The van der Waals surface area contributed by atoms with Crippen LogP contribution in [-0.2, 0) is 9.59 Å². The number of carbonyl (C=O) groups excluding carboxylic acids is 2. The van der Waals surface area contributed by atoms with Crippen LogP contribution in [-0.4, -0.2) is 60.0 Å². The van der Waals surface area contributed by atoms with Gasteiger partial charge in [0.15, 0.2) is 0 Å². The average molecular weight is 483 g/mol. The van der Waals surface area contributed by atoms with Crippen LogP contribution in [0, 0.1) is 5.82 Å². The number of nitrogens with zero attached hydrogens (tertiary/aromatic N) is 4. The zero-order valence-corrected chi connectivity index (χ0v) is 19.4. The standard InChI is InChI=1S/C25H24ClFN4O3/c1-3-23(34)30-8-10-31(11-9-30)25-17-12-18(26)16(24-19(27)6-5-7-22(24)33)13-20(17)28-14-21(25)29(4-2)15-32/h3,5-7,12-15,33H,1,4,8-11H2,2H3. The van der Waals surface area contributed by atoms with Gasteiger partial charge in [0.25, 0.3) is 0 Å². The number of carbonyl (C=O) groups is 2. The predicted octanol–water partition coefficient (Wildman–Crippen LogP) is 4.22. The number of piperazine rings is 1. The zero-order valence-electron chi connectivity index (χ0n) is 18.7. The molecule has 0 unspecified atom stereocenters. The first-order valence-corrected chi connectivity index (χ1v) is 11.3. The van der Waals surface area contributed by atoms with Gasteiger partial charge in [-0.15, -0.1) is 0 Å². The van der Waals surface area contributed by atoms with Gasteiger partial charge in [-0.05, 0) is 37.3 Å². The molecule has 9 heteroatoms. The highest BCUT2D eigenvalue weighted by molar-refractivity contribution is 6.34. The second-order valence-electron chi connectivity index (χ2n) is 7.88. The maximum absolute atomic E-state index is 14.5. The lowest BCUT2D eigenvalue weighted by molar-refractivity contribution is -0.126. The SMILES string of the molecule is C=CC(=O)N1CCN(c2c(N(C=O)CC)cnc3cc(-c4c(O)cccc4F)c(Cl)cc23)CC1. The summed E-state index contributed by atoms with van der Waals surface area (Å²) in [4.78, 5) is 33.7. The first-order chi connectivity index (χ1) is 16.4. The van der Waals surface area contributed by atoms with E-state index in [0.717, 1.165) is 12.1 Å². The summed E-state index contributed by atoms with van der Waals surface area (Å²) in [6, 6.07) is 7.39. The fraction of sp³-hybridized carbons (Fsp3) is 0.240. The van der Waals surface area contributed by atoms with E-state index in [9.17, 15) is 19.1 Å². The van der Waals surface area contributed by atoms with Gasteiger partial charge in [-0.3, -0.25) is 14.6 Å². The summed E-state index contributed by atoms with van der Waals surface area (Å²) in [6.07, 6.45) is 3.65. The van der Waals surface area contributed by atoms with Crippen molar-refractivity contribution < 1.29 is 19.1 Å². The molecule has 1 aliphatic heterocycles. The van der Waals surface area contributed by atoms with Crippen LogP contribution < -0.4 is 9.80 Å². The maximum Gasteiger partial charge on any atom is 0.246 e. The third kappa shape index (κ3) is 4.17. The Kier molecular flexibility index (Phi) is 6.70. The number of benzene rings is 2. The Labute approximate surface area is 201 Å². The molecular weight excluding hydrogens is 459 g/mol. The van der Waals surface area contributed by atoms with Crippen LogP contribution in [0.4, 0.5) is 15.8 Å². The van der Waals surface area contributed by atoms with Crippen LogP contribution in [0.5, 0.6) is 5.75 Å². The number of hydrogen-bond donors (Lipinski definition) is 1. The van der Waals surface area contributed by atoms with E-state index in [2.05, 4.69) is 16.5 Å². The lowest BCUT2D eigenvalue weighted by Crippen LogP contribution is -2.48. The van der Waals surface area contributed by atoms with E-state index < -0.39 is 5.82 Å². The van der Waals surface area contributed by atoms with Gasteiger partial charge in [-0.2, -0.15) is 0 Å². The molecule has 1 N–H and O–H groups in total. The molecule has 1 aliphatic rings. The monoisotopic (exact) mass is 482 g/mol. The Balaban J connectivity index is 1.87. The van der Waals surface area contributed by atoms with Gasteiger partial charge in [0.2, 0.25) is 12.3 Å². The molecule has 176 valence electrons. The molecule has 2 amide bonds. The fourth-order valence-electron chi connectivity index (χ4n) is 4.28. The summed E-state index contributed by atoms with van der Waals surface area (Å²) in [7, 11) is 0. The van der Waals surface area contributed by atoms with Crippen LogP contribution in [0.25, 0.3) is 22.0 Å². The molecule has 4 rings (SSSR count). The van der Waals surface area contributed by atoms with E-state index in [1.165, 1.54) is 24.3 Å². The Morgan fingerprint density at radius 2 is 2.03 bits per heavy atom. The summed E-state index contributed by atoms with van der Waals surface area (Å²) >= 11 is 6.60. The third-order valence-electron chi connectivity index (χ3n) is 6.03. The van der Waals surface area contributed by atoms with Crippen molar-refractivity contribution >= 4 is 46.2 Å². The lowest BCUT2D eigenvalue weighted by Gasteiger charge is -2.38. The van der Waals surface area contributed by atoms with Gasteiger partial charge >= 0.3 is 0 Å². The zero-order chi connectivity index (χ0) is 24.4. The molecule has 0 radical (unpaired) electrons. The van der Waals surface area contributed by atoms with Crippen LogP contribution in [0.3, 0.4) is 0 Å². The number of rotatable bonds is 6. The van der Waals surface area contributed by atoms with Crippen molar-refractivity contribution in [2.45, 2.75) is 6.92 Å². The number of phenolic OH excluding ortho intramolecular Hbond substituents is 1. The molecule has 0 aliphatic carbocycles. The molecule has 2 heterocycles. The molecule has 2 aromatic carbocycles. The largest absolute Gasteiger partial charge is 0.507 e. The van der Waals surface area contributed by atoms with Crippen molar-refractivity contribution in [1.82, 2.24) is 9.88 Å². The molecule has 1 aromatic heterocycles. The highest BCUT2D eigenvalue weighted by atomic mass is 35.5. The van der Waals surface area contributed by atoms with E-state index in [1.54, 1.807) is 28.1 Å². The highest BCUT2D eigenvalue weighted by Crippen LogP contribution is 2.42. The quantitative estimate of drug-likeness (QED) is 0.420. The van der Waals surface area contributed by atoms with E-state index in [4.69, 9.17) is 11.6 Å². The van der Waals surface area contributed by atoms with E-state index in [0.29, 0.717) is 54.9 Å². The number of phenols is 1. The molecule has 0 atom stereocenters. The first kappa shape index (κ1) is 23.5. The fourth-order valence-corrected chi connectivity index (χ4v) is 4.54. The van der Waals surface area contributed by atoms with Crippen molar-refractivity contribution in [3.8, 4) is 16.9 Å². The maximum atomic E-state index is 14.5. The summed E-state index contributed by atoms with van der Waals surface area (Å²) in [6.45, 7) is 7.92. The number of hydrogen-bond acceptors (Lipinski definition) is 5. The minimum Gasteiger partial charge on any atom is -0.507 e. The molecule has 0 spiro atoms. The number of aromatic nitrogens is 1. The van der Waals surface area contributed by atoms with Gasteiger partial charge in [-0.1, -0.05) is 24.2 Å². The van der Waals surface area contributed by atoms with Crippen molar-refractivity contribution in [2.75, 3.05) is 42.5 Å². The van der Waals surface area contributed by atoms with Crippen molar-refractivity contribution in [1.29, 1.82) is 0 Å². The van der Waals surface area contributed by atoms with Gasteiger partial charge in [0.05, 0.1) is 28.7 Å². The molecular formula is C25H24ClFN4O3. The van der Waals surface area contributed by atoms with E-state index in [1.807, 2.05) is 6.92 Å². The summed E-state index contributed by atoms with van der Waals surface area (Å²) in [5, 5.41) is 11.2. The van der Waals surface area contributed by atoms with E-state index in [-0.39, 0.29) is 22.2 Å². The Morgan fingerprint density at radius 1 is 1.29 bits per heavy atom. The van der Waals surface area contributed by atoms with Gasteiger partial charge in [0, 0.05) is 48.7 Å². The van der Waals surface area contributed by atoms with Gasteiger partial charge in [0.1, 0.15) is 11.6 Å². The van der Waals surface area contributed by atoms with E-state index >= 15 is 0 Å².